The van der Waals surface area contributed by atoms with Gasteiger partial charge in [-0.3, -0.25) is 4.55 Å². The molecule has 4 aromatic rings. The Morgan fingerprint density at radius 1 is 0.656 bits per heavy atom. The van der Waals surface area contributed by atoms with Gasteiger partial charge in [-0.25, -0.2) is 0 Å². The van der Waals surface area contributed by atoms with Crippen LogP contribution in [0.3, 0.4) is 0 Å². The van der Waals surface area contributed by atoms with E-state index in [1.54, 1.807) is 7.05 Å². The second-order valence-electron chi connectivity index (χ2n) is 17.8. The summed E-state index contributed by atoms with van der Waals surface area (Å²) >= 11 is 7.40. The summed E-state index contributed by atoms with van der Waals surface area (Å²) in [5.41, 5.74) is 9.56. The number of halogens is 2. The molecule has 2 aliphatic heterocycles. The SMILES string of the molecule is CCCCCN1/C(=C/C=C2\CCC(=C/C=C3/N(CCCCS(=O)(=O)O)c4ccc(Br)cc4C3(C)C)\C2=[N+](\C)S(=O)(=O)N(c2ccccc2)c2ccccc2)C(C)(C)c2cc(Br)ccc21. The number of benzene rings is 4. The van der Waals surface area contributed by atoms with Gasteiger partial charge >= 0.3 is 10.2 Å². The minimum atomic E-state index is -4.23. The lowest BCUT2D eigenvalue weighted by molar-refractivity contribution is -0.325. The van der Waals surface area contributed by atoms with E-state index in [2.05, 4.69) is 131 Å². The van der Waals surface area contributed by atoms with E-state index in [-0.39, 0.29) is 11.2 Å². The first-order chi connectivity index (χ1) is 30.4. The maximum atomic E-state index is 15.3. The molecule has 9 nitrogen and oxygen atoms in total. The smallest absolute Gasteiger partial charge is 0.344 e. The minimum absolute atomic E-state index is 0.300. The van der Waals surface area contributed by atoms with Crippen molar-refractivity contribution in [1.82, 2.24) is 0 Å². The number of rotatable bonds is 15. The van der Waals surface area contributed by atoms with Gasteiger partial charge in [-0.2, -0.15) is 12.7 Å². The van der Waals surface area contributed by atoms with E-state index < -0.39 is 25.7 Å². The van der Waals surface area contributed by atoms with Crippen LogP contribution in [0.1, 0.15) is 90.7 Å². The van der Waals surface area contributed by atoms with Gasteiger partial charge in [-0.1, -0.05) is 132 Å². The lowest BCUT2D eigenvalue weighted by Crippen LogP contribution is -2.37. The van der Waals surface area contributed by atoms with E-state index in [0.717, 1.165) is 62.8 Å². The number of hydrogen-bond acceptors (Lipinski definition) is 6. The Hall–Kier alpha value is -4.27. The molecule has 0 saturated heterocycles. The minimum Gasteiger partial charge on any atom is -0.344 e. The molecule has 1 fully saturated rings. The van der Waals surface area contributed by atoms with Crippen molar-refractivity contribution in [1.29, 1.82) is 0 Å². The van der Waals surface area contributed by atoms with E-state index in [9.17, 15) is 13.0 Å². The molecule has 1 N–H and O–H groups in total. The lowest BCUT2D eigenvalue weighted by atomic mass is 9.83. The Morgan fingerprint density at radius 3 is 1.52 bits per heavy atom. The fourth-order valence-electron chi connectivity index (χ4n) is 9.43. The molecule has 0 bridgehead atoms. The summed E-state index contributed by atoms with van der Waals surface area (Å²) in [5.74, 6) is -0.300. The summed E-state index contributed by atoms with van der Waals surface area (Å²) in [7, 11) is -6.65. The summed E-state index contributed by atoms with van der Waals surface area (Å²) in [6.45, 7) is 12.5. The van der Waals surface area contributed by atoms with Crippen molar-refractivity contribution in [2.45, 2.75) is 90.4 Å². The monoisotopic (exact) mass is 1030 g/mol. The molecule has 13 heteroatoms. The van der Waals surface area contributed by atoms with Crippen LogP contribution < -0.4 is 14.1 Å². The standard InChI is InChI=1S/C51H58Br2N4O5S2/c1-7-8-15-32-55-45-28-26-39(52)35-43(45)50(2,3)47(55)30-24-37-22-23-38(49(37)54(6)64(61,62)57(41-18-11-9-12-19-41)42-20-13-10-14-21-42)25-31-48-51(4,5)44-36-40(53)27-29-46(44)56(48)33-16-17-34-63(58,59)60/h9-14,18-21,24-31,35-36H,7-8,15-17,22-23,32-34H2,1-6H3/p+1. The molecular weight excluding hydrogens is 973 g/mol. The molecule has 4 aromatic carbocycles. The zero-order valence-electron chi connectivity index (χ0n) is 37.6. The number of para-hydroxylation sites is 2. The average Bonchev–Trinajstić information content (AvgIpc) is 3.81. The number of nitrogens with zero attached hydrogens (tertiary/aromatic N) is 4. The van der Waals surface area contributed by atoms with E-state index in [1.165, 1.54) is 25.2 Å². The summed E-state index contributed by atoms with van der Waals surface area (Å²) in [5, 5.41) is 0. The number of unbranched alkanes of at least 4 members (excludes halogenated alkanes) is 3. The van der Waals surface area contributed by atoms with Crippen molar-refractivity contribution >= 4 is 80.6 Å². The Bertz CT molecular complexity index is 2740. The van der Waals surface area contributed by atoms with Crippen LogP contribution in [0, 0.1) is 0 Å². The summed E-state index contributed by atoms with van der Waals surface area (Å²) < 4.78 is 68.2. The maximum Gasteiger partial charge on any atom is 0.472 e. The van der Waals surface area contributed by atoms with Crippen LogP contribution in [0.5, 0.6) is 0 Å². The Balaban J connectivity index is 1.39. The molecule has 0 atom stereocenters. The molecule has 0 amide bonds. The van der Waals surface area contributed by atoms with Gasteiger partial charge in [0.15, 0.2) is 7.05 Å². The summed E-state index contributed by atoms with van der Waals surface area (Å²) in [4.78, 5) is 4.68. The third-order valence-electron chi connectivity index (χ3n) is 12.8. The molecule has 2 heterocycles. The fraction of sp³-hybridized carbons (Fsp3) is 0.353. The summed E-state index contributed by atoms with van der Waals surface area (Å²) in [6.07, 6.45) is 14.0. The van der Waals surface area contributed by atoms with E-state index in [0.29, 0.717) is 49.3 Å². The highest BCUT2D eigenvalue weighted by Crippen LogP contribution is 2.50. The van der Waals surface area contributed by atoms with Gasteiger partial charge in [-0.15, -0.1) is 8.42 Å². The normalized spacial score (nSPS) is 20.1. The number of hydrogen-bond donors (Lipinski definition) is 1. The fourth-order valence-corrected chi connectivity index (χ4v) is 12.2. The molecule has 64 heavy (non-hydrogen) atoms. The molecule has 0 aromatic heterocycles. The zero-order chi connectivity index (χ0) is 46.0. The van der Waals surface area contributed by atoms with E-state index in [1.807, 2.05) is 66.7 Å². The Kier molecular flexibility index (Phi) is 14.4. The van der Waals surface area contributed by atoms with Crippen molar-refractivity contribution in [2.75, 3.05) is 40.0 Å². The molecule has 7 rings (SSSR count). The van der Waals surface area contributed by atoms with E-state index in [4.69, 9.17) is 0 Å². The van der Waals surface area contributed by atoms with Crippen LogP contribution in [0.2, 0.25) is 0 Å². The van der Waals surface area contributed by atoms with Crippen LogP contribution in [0.15, 0.2) is 153 Å². The highest BCUT2D eigenvalue weighted by Gasteiger charge is 2.43. The number of allylic oxidation sites excluding steroid dienone is 8. The molecule has 0 radical (unpaired) electrons. The maximum absolute atomic E-state index is 15.3. The average molecular weight is 1030 g/mol. The van der Waals surface area contributed by atoms with Crippen LogP contribution in [0.25, 0.3) is 0 Å². The van der Waals surface area contributed by atoms with Crippen molar-refractivity contribution < 1.29 is 25.4 Å². The quantitative estimate of drug-likeness (QED) is 0.0719. The van der Waals surface area contributed by atoms with Crippen molar-refractivity contribution in [2.24, 2.45) is 0 Å². The largest absolute Gasteiger partial charge is 0.472 e. The molecule has 338 valence electrons. The molecule has 0 unspecified atom stereocenters. The Morgan fingerprint density at radius 2 is 1.09 bits per heavy atom. The van der Waals surface area contributed by atoms with Crippen LogP contribution >= 0.6 is 31.9 Å². The first-order valence-corrected chi connectivity index (χ1v) is 26.7. The van der Waals surface area contributed by atoms with Crippen molar-refractivity contribution in [3.05, 3.63) is 164 Å². The number of anilines is 4. The van der Waals surface area contributed by atoms with Crippen LogP contribution in [-0.2, 0) is 31.2 Å². The van der Waals surface area contributed by atoms with Gasteiger partial charge < -0.3 is 9.80 Å². The predicted molar refractivity (Wildman–Crippen MR) is 271 cm³/mol. The van der Waals surface area contributed by atoms with Gasteiger partial charge in [-0.05, 0) is 116 Å². The first kappa shape index (κ1) is 47.7. The first-order valence-electron chi connectivity index (χ1n) is 22.1. The molecule has 3 aliphatic rings. The van der Waals surface area contributed by atoms with Crippen LogP contribution in [-0.4, -0.2) is 57.0 Å². The van der Waals surface area contributed by atoms with Gasteiger partial charge in [0.1, 0.15) is 0 Å². The second kappa shape index (κ2) is 19.3. The second-order valence-corrected chi connectivity index (χ2v) is 23.0. The van der Waals surface area contributed by atoms with Crippen molar-refractivity contribution in [3.63, 3.8) is 0 Å². The topological polar surface area (TPSA) is 101 Å². The zero-order valence-corrected chi connectivity index (χ0v) is 42.4. The van der Waals surface area contributed by atoms with Crippen molar-refractivity contribution in [3.8, 4) is 0 Å². The lowest BCUT2D eigenvalue weighted by Gasteiger charge is -2.27. The van der Waals surface area contributed by atoms with E-state index >= 15 is 8.42 Å². The highest BCUT2D eigenvalue weighted by atomic mass is 79.9. The number of fused-ring (bicyclic) bond motifs is 2. The van der Waals surface area contributed by atoms with Crippen LogP contribution in [0.4, 0.5) is 22.7 Å². The van der Waals surface area contributed by atoms with Gasteiger partial charge in [0.2, 0.25) is 5.71 Å². The third kappa shape index (κ3) is 9.79. The predicted octanol–water partition coefficient (Wildman–Crippen LogP) is 12.5. The molecule has 1 saturated carbocycles. The van der Waals surface area contributed by atoms with Gasteiger partial charge in [0.05, 0.1) is 17.1 Å². The van der Waals surface area contributed by atoms with Gasteiger partial charge in [0.25, 0.3) is 10.1 Å². The summed E-state index contributed by atoms with van der Waals surface area (Å²) in [6, 6.07) is 31.1. The van der Waals surface area contributed by atoms with Gasteiger partial charge in [0, 0.05) is 66.8 Å². The Labute approximate surface area is 397 Å². The molecule has 1 aliphatic carbocycles. The highest BCUT2D eigenvalue weighted by molar-refractivity contribution is 9.10. The molecular formula is C51H59Br2N4O5S2+. The third-order valence-corrected chi connectivity index (χ3v) is 16.3. The molecule has 0 spiro atoms.